The Morgan fingerprint density at radius 1 is 1.50 bits per heavy atom. The summed E-state index contributed by atoms with van der Waals surface area (Å²) in [4.78, 5) is 4.05. The first-order valence-electron chi connectivity index (χ1n) is 2.94. The highest BCUT2D eigenvalue weighted by Crippen LogP contribution is 2.16. The molecule has 0 saturated carbocycles. The molecule has 1 N–H and O–H groups in total. The molecular formula is C6H10O2. The van der Waals surface area contributed by atoms with Crippen LogP contribution < -0.4 is 0 Å². The van der Waals surface area contributed by atoms with Crippen molar-refractivity contribution in [2.24, 2.45) is 0 Å². The van der Waals surface area contributed by atoms with Gasteiger partial charge >= 0.3 is 0 Å². The van der Waals surface area contributed by atoms with Crippen LogP contribution >= 0.6 is 0 Å². The highest BCUT2D eigenvalue weighted by molar-refractivity contribution is 4.95. The molecule has 46 valence electrons. The van der Waals surface area contributed by atoms with Gasteiger partial charge in [0.2, 0.25) is 0 Å². The molecule has 0 aromatic heterocycles. The van der Waals surface area contributed by atoms with Crippen molar-refractivity contribution in [3.05, 3.63) is 11.8 Å². The molecule has 0 fully saturated rings. The Morgan fingerprint density at radius 2 is 2.38 bits per heavy atom. The molecule has 0 aliphatic heterocycles. The molecule has 0 aromatic rings. The summed E-state index contributed by atoms with van der Waals surface area (Å²) in [5, 5.41) is 8.12. The minimum Gasteiger partial charge on any atom is -0.345 e. The van der Waals surface area contributed by atoms with E-state index in [2.05, 4.69) is 4.89 Å². The van der Waals surface area contributed by atoms with Crippen LogP contribution in [-0.2, 0) is 4.89 Å². The fraction of sp³-hybridized carbons (Fsp3) is 0.667. The lowest BCUT2D eigenvalue weighted by atomic mass is 10.1. The zero-order valence-electron chi connectivity index (χ0n) is 4.76. The molecule has 1 rings (SSSR count). The second kappa shape index (κ2) is 2.72. The van der Waals surface area contributed by atoms with Crippen LogP contribution in [0, 0.1) is 0 Å². The van der Waals surface area contributed by atoms with Crippen molar-refractivity contribution in [3.8, 4) is 0 Å². The molecule has 2 nitrogen and oxygen atoms in total. The number of rotatable bonds is 1. The van der Waals surface area contributed by atoms with Crippen LogP contribution in [0.1, 0.15) is 25.7 Å². The first-order chi connectivity index (χ1) is 3.93. The second-order valence-corrected chi connectivity index (χ2v) is 2.01. The topological polar surface area (TPSA) is 29.5 Å². The van der Waals surface area contributed by atoms with Gasteiger partial charge in [0.05, 0.1) is 0 Å². The smallest absolute Gasteiger partial charge is 0.138 e. The Balaban J connectivity index is 2.37. The van der Waals surface area contributed by atoms with Gasteiger partial charge in [-0.3, -0.25) is 0 Å². The summed E-state index contributed by atoms with van der Waals surface area (Å²) in [5.41, 5.74) is 0. The number of hydrogen-bond acceptors (Lipinski definition) is 2. The molecule has 1 aliphatic carbocycles. The van der Waals surface area contributed by atoms with Gasteiger partial charge in [0.25, 0.3) is 0 Å². The largest absolute Gasteiger partial charge is 0.345 e. The maximum Gasteiger partial charge on any atom is 0.138 e. The summed E-state index contributed by atoms with van der Waals surface area (Å²) in [6.07, 6.45) is 6.26. The Hall–Kier alpha value is -0.500. The SMILES string of the molecule is OOC1=CCCCC1. The van der Waals surface area contributed by atoms with Crippen LogP contribution in [0.25, 0.3) is 0 Å². The van der Waals surface area contributed by atoms with E-state index < -0.39 is 0 Å². The fourth-order valence-corrected chi connectivity index (χ4v) is 0.892. The van der Waals surface area contributed by atoms with E-state index >= 15 is 0 Å². The average molecular weight is 114 g/mol. The Labute approximate surface area is 48.7 Å². The predicted octanol–water partition coefficient (Wildman–Crippen LogP) is 1.93. The maximum atomic E-state index is 8.12. The highest BCUT2D eigenvalue weighted by Gasteiger charge is 2.02. The lowest BCUT2D eigenvalue weighted by Gasteiger charge is -2.07. The normalized spacial score (nSPS) is 19.9. The van der Waals surface area contributed by atoms with E-state index in [-0.39, 0.29) is 0 Å². The van der Waals surface area contributed by atoms with Gasteiger partial charge in [-0.25, -0.2) is 5.26 Å². The second-order valence-electron chi connectivity index (χ2n) is 2.01. The molecule has 0 heterocycles. The molecule has 0 bridgehead atoms. The summed E-state index contributed by atoms with van der Waals surface area (Å²) >= 11 is 0. The molecule has 0 amide bonds. The van der Waals surface area contributed by atoms with Gasteiger partial charge in [-0.1, -0.05) is 0 Å². The number of hydrogen-bond donors (Lipinski definition) is 1. The molecule has 0 saturated heterocycles. The van der Waals surface area contributed by atoms with Crippen molar-refractivity contribution in [2.75, 3.05) is 0 Å². The van der Waals surface area contributed by atoms with E-state index in [1.807, 2.05) is 6.08 Å². The van der Waals surface area contributed by atoms with Crippen molar-refractivity contribution in [1.82, 2.24) is 0 Å². The lowest BCUT2D eigenvalue weighted by molar-refractivity contribution is -0.206. The highest BCUT2D eigenvalue weighted by atomic mass is 17.1. The fourth-order valence-electron chi connectivity index (χ4n) is 0.892. The summed E-state index contributed by atoms with van der Waals surface area (Å²) in [6.45, 7) is 0. The molecule has 0 atom stereocenters. The van der Waals surface area contributed by atoms with E-state index in [9.17, 15) is 0 Å². The molecule has 8 heavy (non-hydrogen) atoms. The third kappa shape index (κ3) is 1.23. The first kappa shape index (κ1) is 5.63. The van der Waals surface area contributed by atoms with E-state index in [1.54, 1.807) is 0 Å². The molecular weight excluding hydrogens is 104 g/mol. The zero-order valence-corrected chi connectivity index (χ0v) is 4.76. The summed E-state index contributed by atoms with van der Waals surface area (Å²) in [7, 11) is 0. The first-order valence-corrected chi connectivity index (χ1v) is 2.94. The third-order valence-corrected chi connectivity index (χ3v) is 1.37. The summed E-state index contributed by atoms with van der Waals surface area (Å²) < 4.78 is 0. The van der Waals surface area contributed by atoms with Gasteiger partial charge in [-0.15, -0.1) is 0 Å². The molecule has 0 aromatic carbocycles. The minimum absolute atomic E-state index is 0.733. The minimum atomic E-state index is 0.733. The van der Waals surface area contributed by atoms with Gasteiger partial charge in [-0.2, -0.15) is 0 Å². The van der Waals surface area contributed by atoms with Gasteiger partial charge in [0, 0.05) is 6.42 Å². The summed E-state index contributed by atoms with van der Waals surface area (Å²) in [5.74, 6) is 0.733. The molecule has 2 heteroatoms. The van der Waals surface area contributed by atoms with E-state index in [0.717, 1.165) is 25.0 Å². The van der Waals surface area contributed by atoms with E-state index in [1.165, 1.54) is 6.42 Å². The van der Waals surface area contributed by atoms with Crippen LogP contribution in [0.3, 0.4) is 0 Å². The average Bonchev–Trinajstić information content (AvgIpc) is 1.90. The van der Waals surface area contributed by atoms with Gasteiger partial charge < -0.3 is 4.89 Å². The Bertz CT molecular complexity index is 96.7. The van der Waals surface area contributed by atoms with Crippen molar-refractivity contribution in [1.29, 1.82) is 0 Å². The molecule has 1 aliphatic rings. The lowest BCUT2D eigenvalue weighted by Crippen LogP contribution is -1.92. The van der Waals surface area contributed by atoms with Crippen LogP contribution in [0.2, 0.25) is 0 Å². The quantitative estimate of drug-likeness (QED) is 0.417. The van der Waals surface area contributed by atoms with E-state index in [0.29, 0.717) is 0 Å². The van der Waals surface area contributed by atoms with Crippen LogP contribution in [0.4, 0.5) is 0 Å². The molecule has 0 unspecified atom stereocenters. The standard InChI is InChI=1S/C6H10O2/c7-8-6-4-2-1-3-5-6/h4,7H,1-3,5H2. The monoisotopic (exact) mass is 114 g/mol. The Morgan fingerprint density at radius 3 is 2.75 bits per heavy atom. The maximum absolute atomic E-state index is 8.12. The van der Waals surface area contributed by atoms with Gasteiger partial charge in [0.15, 0.2) is 0 Å². The Kier molecular flexibility index (Phi) is 1.92. The third-order valence-electron chi connectivity index (χ3n) is 1.37. The molecule has 0 spiro atoms. The predicted molar refractivity (Wildman–Crippen MR) is 30.3 cm³/mol. The molecule has 0 radical (unpaired) electrons. The van der Waals surface area contributed by atoms with E-state index in [4.69, 9.17) is 5.26 Å². The van der Waals surface area contributed by atoms with Crippen molar-refractivity contribution in [2.45, 2.75) is 25.7 Å². The zero-order chi connectivity index (χ0) is 5.82. The van der Waals surface area contributed by atoms with Crippen LogP contribution in [-0.4, -0.2) is 5.26 Å². The van der Waals surface area contributed by atoms with Crippen molar-refractivity contribution in [3.63, 3.8) is 0 Å². The number of allylic oxidation sites excluding steroid dienone is 2. The summed E-state index contributed by atoms with van der Waals surface area (Å²) in [6, 6.07) is 0. The van der Waals surface area contributed by atoms with Crippen LogP contribution in [0.15, 0.2) is 11.8 Å². The van der Waals surface area contributed by atoms with Crippen molar-refractivity contribution < 1.29 is 10.1 Å². The van der Waals surface area contributed by atoms with Gasteiger partial charge in [0.1, 0.15) is 5.76 Å². The van der Waals surface area contributed by atoms with Crippen LogP contribution in [0.5, 0.6) is 0 Å². The van der Waals surface area contributed by atoms with Crippen molar-refractivity contribution >= 4 is 0 Å². The van der Waals surface area contributed by atoms with Gasteiger partial charge in [-0.05, 0) is 25.3 Å².